The molecule has 0 aromatic rings. The maximum absolute atomic E-state index is 13.1. The summed E-state index contributed by atoms with van der Waals surface area (Å²) in [6.07, 6.45) is 5.61. The van der Waals surface area contributed by atoms with E-state index in [-0.39, 0.29) is 35.7 Å². The van der Waals surface area contributed by atoms with Crippen LogP contribution in [0.25, 0.3) is 0 Å². The highest BCUT2D eigenvalue weighted by Gasteiger charge is 2.70. The third-order valence-corrected chi connectivity index (χ3v) is 10.9. The van der Waals surface area contributed by atoms with Crippen molar-refractivity contribution in [2.45, 2.75) is 83.7 Å². The Morgan fingerprint density at radius 2 is 1.91 bits per heavy atom. The van der Waals surface area contributed by atoms with Crippen LogP contribution in [0.1, 0.15) is 59.8 Å². The van der Waals surface area contributed by atoms with Gasteiger partial charge in [-0.1, -0.05) is 25.5 Å². The predicted molar refractivity (Wildman–Crippen MR) is 128 cm³/mol. The lowest BCUT2D eigenvalue weighted by Gasteiger charge is -2.59. The van der Waals surface area contributed by atoms with Crippen molar-refractivity contribution in [1.29, 1.82) is 0 Å². The van der Waals surface area contributed by atoms with E-state index in [2.05, 4.69) is 0 Å². The average molecular weight is 487 g/mol. The first-order chi connectivity index (χ1) is 16.4. The van der Waals surface area contributed by atoms with Gasteiger partial charge in [0, 0.05) is 17.8 Å². The Balaban J connectivity index is 1.48. The number of hydrogen-bond donors (Lipinski definition) is 4. The Labute approximate surface area is 206 Å². The number of cyclic esters (lactones) is 1. The summed E-state index contributed by atoms with van der Waals surface area (Å²) in [6.45, 7) is 7.27. The highest BCUT2D eigenvalue weighted by atomic mass is 16.5. The lowest BCUT2D eigenvalue weighted by atomic mass is 9.46. The summed E-state index contributed by atoms with van der Waals surface area (Å²) in [5.74, 6) is -0.951. The number of carbonyl (C=O) groups excluding carboxylic acids is 2. The van der Waals surface area contributed by atoms with Gasteiger partial charge in [-0.3, -0.25) is 4.79 Å². The fraction of sp³-hybridized carbons (Fsp3) is 0.714. The van der Waals surface area contributed by atoms with Gasteiger partial charge in [-0.25, -0.2) is 4.79 Å². The van der Waals surface area contributed by atoms with E-state index in [9.17, 15) is 30.0 Å². The average Bonchev–Trinajstić information content (AvgIpc) is 3.02. The van der Waals surface area contributed by atoms with Gasteiger partial charge in [-0.2, -0.15) is 0 Å². The first kappa shape index (κ1) is 24.9. The molecule has 0 bridgehead atoms. The lowest BCUT2D eigenvalue weighted by molar-refractivity contribution is -0.204. The topological polar surface area (TPSA) is 124 Å². The molecule has 0 aromatic heterocycles. The minimum absolute atomic E-state index is 0.0156. The van der Waals surface area contributed by atoms with Gasteiger partial charge in [-0.05, 0) is 75.0 Å². The molecule has 0 radical (unpaired) electrons. The lowest BCUT2D eigenvalue weighted by Crippen LogP contribution is -2.62. The summed E-state index contributed by atoms with van der Waals surface area (Å²) in [5, 5.41) is 43.7. The molecule has 4 aliphatic carbocycles. The molecule has 7 nitrogen and oxygen atoms in total. The Bertz CT molecular complexity index is 1040. The summed E-state index contributed by atoms with van der Waals surface area (Å²) in [5.41, 5.74) is -1.05. The van der Waals surface area contributed by atoms with Crippen molar-refractivity contribution in [2.75, 3.05) is 6.61 Å². The number of carbonyl (C=O) groups is 2. The fourth-order valence-corrected chi connectivity index (χ4v) is 8.72. The summed E-state index contributed by atoms with van der Waals surface area (Å²) >= 11 is 0. The number of aliphatic hydroxyl groups is 4. The first-order valence-electron chi connectivity index (χ1n) is 12.9. The molecule has 4 N–H and O–H groups in total. The van der Waals surface area contributed by atoms with E-state index in [4.69, 9.17) is 4.74 Å². The van der Waals surface area contributed by atoms with Crippen molar-refractivity contribution in [2.24, 2.45) is 34.5 Å². The molecule has 2 saturated carbocycles. The standard InChI is InChI=1S/C28H38O7/c1-14-11-22(35-25(33)17(14)13-29)15(2)28(34)24(32)12-20-16-5-6-19-21(30)7-8-23(31)27(19,4)18(16)9-10-26(20,28)3/h6-8,15-16,18,20-22,24,29-30,32,34H,5,9-13H2,1-4H3/t15-,16-,18+,20+,21-,22-,24+,26+,27-,28-/m1/s1. The smallest absolute Gasteiger partial charge is 0.336 e. The van der Waals surface area contributed by atoms with Crippen molar-refractivity contribution in [3.05, 3.63) is 34.9 Å². The van der Waals surface area contributed by atoms with Crippen LogP contribution in [0.3, 0.4) is 0 Å². The summed E-state index contributed by atoms with van der Waals surface area (Å²) < 4.78 is 5.67. The number of ether oxygens (including phenoxy) is 1. The van der Waals surface area contributed by atoms with Gasteiger partial charge in [0.2, 0.25) is 0 Å². The van der Waals surface area contributed by atoms with Gasteiger partial charge >= 0.3 is 5.97 Å². The van der Waals surface area contributed by atoms with Gasteiger partial charge < -0.3 is 25.2 Å². The van der Waals surface area contributed by atoms with E-state index < -0.39 is 46.6 Å². The van der Waals surface area contributed by atoms with E-state index in [0.29, 0.717) is 32.1 Å². The van der Waals surface area contributed by atoms with Crippen LogP contribution >= 0.6 is 0 Å². The molecule has 5 rings (SSSR count). The number of fused-ring (bicyclic) bond motifs is 5. The largest absolute Gasteiger partial charge is 0.458 e. The van der Waals surface area contributed by atoms with Crippen LogP contribution in [-0.4, -0.2) is 62.7 Å². The van der Waals surface area contributed by atoms with Crippen LogP contribution in [0.4, 0.5) is 0 Å². The molecule has 192 valence electrons. The normalized spacial score (nSPS) is 48.1. The molecule has 10 atom stereocenters. The molecule has 0 spiro atoms. The second-order valence-corrected chi connectivity index (χ2v) is 12.0. The first-order valence-corrected chi connectivity index (χ1v) is 12.9. The monoisotopic (exact) mass is 486 g/mol. The van der Waals surface area contributed by atoms with E-state index in [0.717, 1.165) is 11.1 Å². The molecule has 0 aromatic carbocycles. The third-order valence-electron chi connectivity index (χ3n) is 10.9. The molecule has 7 heteroatoms. The quantitative estimate of drug-likeness (QED) is 0.356. The number of rotatable bonds is 3. The second-order valence-electron chi connectivity index (χ2n) is 12.0. The van der Waals surface area contributed by atoms with Gasteiger partial charge in [0.25, 0.3) is 0 Å². The minimum Gasteiger partial charge on any atom is -0.458 e. The molecule has 2 fully saturated rings. The highest BCUT2D eigenvalue weighted by molar-refractivity contribution is 5.99. The number of hydrogen-bond acceptors (Lipinski definition) is 7. The second kappa shape index (κ2) is 8.10. The Kier molecular flexibility index (Phi) is 5.76. The van der Waals surface area contributed by atoms with Crippen LogP contribution in [0.15, 0.2) is 34.9 Å². The van der Waals surface area contributed by atoms with Crippen molar-refractivity contribution < 1.29 is 34.8 Å². The van der Waals surface area contributed by atoms with Crippen molar-refractivity contribution in [3.8, 4) is 0 Å². The summed E-state index contributed by atoms with van der Waals surface area (Å²) in [4.78, 5) is 25.6. The molecule has 5 aliphatic rings. The molecule has 0 amide bonds. The molecule has 1 aliphatic heterocycles. The third kappa shape index (κ3) is 3.11. The fourth-order valence-electron chi connectivity index (χ4n) is 8.72. The van der Waals surface area contributed by atoms with E-state index >= 15 is 0 Å². The van der Waals surface area contributed by atoms with Crippen LogP contribution in [0.2, 0.25) is 0 Å². The van der Waals surface area contributed by atoms with Crippen molar-refractivity contribution in [1.82, 2.24) is 0 Å². The summed E-state index contributed by atoms with van der Waals surface area (Å²) in [7, 11) is 0. The minimum atomic E-state index is -1.47. The van der Waals surface area contributed by atoms with Crippen LogP contribution in [0, 0.1) is 34.5 Å². The molecule has 0 unspecified atom stereocenters. The maximum atomic E-state index is 13.1. The number of allylic oxidation sites excluding steroid dienone is 2. The number of esters is 1. The van der Waals surface area contributed by atoms with Crippen LogP contribution < -0.4 is 0 Å². The number of aliphatic hydroxyl groups excluding tert-OH is 3. The molecular formula is C28H38O7. The van der Waals surface area contributed by atoms with Crippen LogP contribution in [-0.2, 0) is 14.3 Å². The zero-order chi connectivity index (χ0) is 25.5. The van der Waals surface area contributed by atoms with Crippen LogP contribution in [0.5, 0.6) is 0 Å². The van der Waals surface area contributed by atoms with Gasteiger partial charge in [-0.15, -0.1) is 0 Å². The predicted octanol–water partition coefficient (Wildman–Crippen LogP) is 2.23. The number of ketones is 1. The maximum Gasteiger partial charge on any atom is 0.336 e. The molecule has 0 saturated heterocycles. The van der Waals surface area contributed by atoms with E-state index in [1.807, 2.05) is 26.8 Å². The van der Waals surface area contributed by atoms with Gasteiger partial charge in [0.05, 0.1) is 29.8 Å². The van der Waals surface area contributed by atoms with E-state index in [1.54, 1.807) is 13.0 Å². The van der Waals surface area contributed by atoms with Crippen molar-refractivity contribution in [3.63, 3.8) is 0 Å². The van der Waals surface area contributed by atoms with Crippen molar-refractivity contribution >= 4 is 11.8 Å². The SMILES string of the molecule is CC1=C(CO)C(=O)O[C@@H]([C@@H](C)[C@@]2(O)[C@@H](O)C[C@H]3[C@@H]4CC=C5[C@H](O)C=CC(=O)[C@]5(C)[C@H]4CC[C@@]32C)C1. The Hall–Kier alpha value is -1.80. The highest BCUT2D eigenvalue weighted by Crippen LogP contribution is 2.68. The van der Waals surface area contributed by atoms with Gasteiger partial charge in [0.1, 0.15) is 11.7 Å². The van der Waals surface area contributed by atoms with E-state index in [1.165, 1.54) is 6.08 Å². The molecule has 35 heavy (non-hydrogen) atoms. The molecule has 1 heterocycles. The zero-order valence-electron chi connectivity index (χ0n) is 21.0. The van der Waals surface area contributed by atoms with Gasteiger partial charge in [0.15, 0.2) is 5.78 Å². The molecular weight excluding hydrogens is 448 g/mol. The summed E-state index contributed by atoms with van der Waals surface area (Å²) in [6, 6.07) is 0. The Morgan fingerprint density at radius 3 is 2.57 bits per heavy atom. The zero-order valence-corrected chi connectivity index (χ0v) is 21.0. The Morgan fingerprint density at radius 1 is 1.20 bits per heavy atom.